The molecule has 1 rings (SSSR count). The number of hydrogen-bond acceptors (Lipinski definition) is 5. The minimum atomic E-state index is -1.01. The van der Waals surface area contributed by atoms with E-state index in [4.69, 9.17) is 20.6 Å². The van der Waals surface area contributed by atoms with E-state index >= 15 is 0 Å². The number of nitrogens with two attached hydrogens (primary N) is 1. The summed E-state index contributed by atoms with van der Waals surface area (Å²) in [5.74, 6) is 0.257. The number of hydrogen-bond donors (Lipinski definition) is 2. The third-order valence-corrected chi connectivity index (χ3v) is 1.86. The molecule has 0 bridgehead atoms. The van der Waals surface area contributed by atoms with Crippen molar-refractivity contribution in [1.29, 1.82) is 5.41 Å². The van der Waals surface area contributed by atoms with Crippen molar-refractivity contribution in [2.75, 3.05) is 20.3 Å². The van der Waals surface area contributed by atoms with Gasteiger partial charge >= 0.3 is 6.09 Å². The van der Waals surface area contributed by atoms with Crippen LogP contribution in [-0.4, -0.2) is 32.3 Å². The molecule has 0 spiro atoms. The Labute approximate surface area is 98.8 Å². The van der Waals surface area contributed by atoms with Crippen molar-refractivity contribution in [2.45, 2.75) is 0 Å². The number of amides is 1. The molecule has 1 aromatic carbocycles. The first kappa shape index (κ1) is 13.0. The van der Waals surface area contributed by atoms with Crippen LogP contribution in [0.5, 0.6) is 5.75 Å². The zero-order chi connectivity index (χ0) is 12.7. The molecule has 0 unspecified atom stereocenters. The topological polar surface area (TPSA) is 94.6 Å². The predicted molar refractivity (Wildman–Crippen MR) is 61.3 cm³/mol. The van der Waals surface area contributed by atoms with E-state index in [1.165, 1.54) is 0 Å². The summed E-state index contributed by atoms with van der Waals surface area (Å²) >= 11 is 0. The van der Waals surface area contributed by atoms with Crippen LogP contribution in [0.4, 0.5) is 4.79 Å². The third-order valence-electron chi connectivity index (χ3n) is 1.86. The van der Waals surface area contributed by atoms with E-state index in [-0.39, 0.29) is 5.90 Å². The fourth-order valence-corrected chi connectivity index (χ4v) is 1.13. The fourth-order valence-electron chi connectivity index (χ4n) is 1.13. The van der Waals surface area contributed by atoms with Crippen molar-refractivity contribution in [3.63, 3.8) is 0 Å². The molecule has 1 aromatic rings. The zero-order valence-electron chi connectivity index (χ0n) is 9.43. The molecule has 0 saturated heterocycles. The van der Waals surface area contributed by atoms with E-state index in [0.717, 1.165) is 0 Å². The first-order valence-electron chi connectivity index (χ1n) is 4.91. The van der Waals surface area contributed by atoms with E-state index in [9.17, 15) is 4.79 Å². The first-order chi connectivity index (χ1) is 8.13. The molecule has 0 saturated carbocycles. The fraction of sp³-hybridized carbons (Fsp3) is 0.273. The number of carbonyl (C=O) groups is 1. The van der Waals surface area contributed by atoms with Gasteiger partial charge in [-0.25, -0.2) is 4.79 Å². The van der Waals surface area contributed by atoms with E-state index in [2.05, 4.69) is 4.74 Å². The van der Waals surface area contributed by atoms with Gasteiger partial charge < -0.3 is 19.9 Å². The summed E-state index contributed by atoms with van der Waals surface area (Å²) in [4.78, 5) is 10.5. The summed E-state index contributed by atoms with van der Waals surface area (Å²) in [5.41, 5.74) is 5.23. The number of methoxy groups -OCH3 is 1. The Balaban J connectivity index is 2.65. The number of primary amides is 1. The quantitative estimate of drug-likeness (QED) is 0.456. The molecule has 6 heteroatoms. The van der Waals surface area contributed by atoms with Crippen LogP contribution in [0.15, 0.2) is 24.3 Å². The molecule has 17 heavy (non-hydrogen) atoms. The average Bonchev–Trinajstić information content (AvgIpc) is 2.29. The summed E-state index contributed by atoms with van der Waals surface area (Å²) in [5, 5.41) is 7.47. The van der Waals surface area contributed by atoms with Crippen molar-refractivity contribution in [1.82, 2.24) is 0 Å². The summed E-state index contributed by atoms with van der Waals surface area (Å²) < 4.78 is 14.6. The third kappa shape index (κ3) is 4.52. The predicted octanol–water partition coefficient (Wildman–Crippen LogP) is 1.13. The highest BCUT2D eigenvalue weighted by atomic mass is 16.6. The number of carbonyl (C=O) groups excluding carboxylic acids is 1. The largest absolute Gasteiger partial charge is 0.491 e. The molecule has 0 fully saturated rings. The summed E-state index contributed by atoms with van der Waals surface area (Å²) in [7, 11) is 1.58. The zero-order valence-corrected chi connectivity index (χ0v) is 9.43. The maximum absolute atomic E-state index is 10.5. The van der Waals surface area contributed by atoms with Crippen LogP contribution in [0.2, 0.25) is 0 Å². The van der Waals surface area contributed by atoms with Gasteiger partial charge in [0.1, 0.15) is 12.4 Å². The number of ether oxygens (including phenoxy) is 3. The highest BCUT2D eigenvalue weighted by Gasteiger charge is 2.07. The Hall–Kier alpha value is -2.08. The Morgan fingerprint density at radius 2 is 2.18 bits per heavy atom. The van der Waals surface area contributed by atoms with Crippen molar-refractivity contribution < 1.29 is 19.0 Å². The second-order valence-electron chi connectivity index (χ2n) is 3.12. The number of benzene rings is 1. The van der Waals surface area contributed by atoms with Gasteiger partial charge in [0, 0.05) is 12.7 Å². The molecule has 0 aromatic heterocycles. The van der Waals surface area contributed by atoms with Crippen LogP contribution in [0.1, 0.15) is 5.56 Å². The van der Waals surface area contributed by atoms with E-state index in [0.29, 0.717) is 24.5 Å². The van der Waals surface area contributed by atoms with Crippen molar-refractivity contribution >= 4 is 12.0 Å². The van der Waals surface area contributed by atoms with Crippen LogP contribution in [-0.2, 0) is 9.47 Å². The lowest BCUT2D eigenvalue weighted by atomic mass is 10.2. The minimum Gasteiger partial charge on any atom is -0.491 e. The molecular formula is C11H14N2O4. The molecule has 0 radical (unpaired) electrons. The van der Waals surface area contributed by atoms with E-state index in [1.807, 2.05) is 0 Å². The standard InChI is InChI=1S/C11H14N2O4/c1-15-5-6-16-9-4-2-3-8(7-9)10(12)17-11(13)14/h2-4,7,12H,5-6H2,1H3,(H2,13,14). The van der Waals surface area contributed by atoms with Crippen LogP contribution >= 0.6 is 0 Å². The minimum absolute atomic E-state index is 0.310. The molecule has 1 amide bonds. The summed E-state index contributed by atoms with van der Waals surface area (Å²) in [6, 6.07) is 6.63. The monoisotopic (exact) mass is 238 g/mol. The van der Waals surface area contributed by atoms with Gasteiger partial charge in [0.25, 0.3) is 0 Å². The molecule has 6 nitrogen and oxygen atoms in total. The highest BCUT2D eigenvalue weighted by molar-refractivity contribution is 5.98. The lowest BCUT2D eigenvalue weighted by Gasteiger charge is -2.07. The van der Waals surface area contributed by atoms with Crippen LogP contribution in [0.3, 0.4) is 0 Å². The van der Waals surface area contributed by atoms with Gasteiger partial charge in [-0.3, -0.25) is 5.41 Å². The van der Waals surface area contributed by atoms with Crippen molar-refractivity contribution in [3.8, 4) is 5.75 Å². The smallest absolute Gasteiger partial charge is 0.411 e. The van der Waals surface area contributed by atoms with Gasteiger partial charge in [0.15, 0.2) is 0 Å². The van der Waals surface area contributed by atoms with Crippen LogP contribution in [0.25, 0.3) is 0 Å². The first-order valence-corrected chi connectivity index (χ1v) is 4.91. The van der Waals surface area contributed by atoms with E-state index in [1.54, 1.807) is 31.4 Å². The van der Waals surface area contributed by atoms with Crippen LogP contribution in [0, 0.1) is 5.41 Å². The molecule has 0 atom stereocenters. The van der Waals surface area contributed by atoms with Crippen LogP contribution < -0.4 is 10.5 Å². The maximum Gasteiger partial charge on any atom is 0.411 e. The van der Waals surface area contributed by atoms with Gasteiger partial charge in [0.2, 0.25) is 5.90 Å². The average molecular weight is 238 g/mol. The molecule has 0 aliphatic carbocycles. The summed E-state index contributed by atoms with van der Waals surface area (Å²) in [6.45, 7) is 0.878. The SMILES string of the molecule is COCCOc1cccc(C(=N)OC(N)=O)c1. The Morgan fingerprint density at radius 1 is 1.41 bits per heavy atom. The van der Waals surface area contributed by atoms with Crippen molar-refractivity contribution in [2.24, 2.45) is 5.73 Å². The number of nitrogens with one attached hydrogen (secondary N) is 1. The Kier molecular flexibility index (Phi) is 4.96. The second kappa shape index (κ2) is 6.49. The molecule has 0 heterocycles. The number of rotatable bonds is 5. The molecule has 3 N–H and O–H groups in total. The molecule has 0 aliphatic rings. The van der Waals surface area contributed by atoms with Gasteiger partial charge in [0.05, 0.1) is 6.61 Å². The molecule has 92 valence electrons. The summed E-state index contributed by atoms with van der Waals surface area (Å²) in [6.07, 6.45) is -1.01. The second-order valence-corrected chi connectivity index (χ2v) is 3.12. The molecule has 0 aliphatic heterocycles. The van der Waals surface area contributed by atoms with E-state index < -0.39 is 6.09 Å². The van der Waals surface area contributed by atoms with Gasteiger partial charge in [-0.1, -0.05) is 6.07 Å². The van der Waals surface area contributed by atoms with Gasteiger partial charge in [-0.2, -0.15) is 0 Å². The maximum atomic E-state index is 10.5. The van der Waals surface area contributed by atoms with Crippen molar-refractivity contribution in [3.05, 3.63) is 29.8 Å². The Morgan fingerprint density at radius 3 is 2.82 bits per heavy atom. The van der Waals surface area contributed by atoms with Gasteiger partial charge in [-0.05, 0) is 18.2 Å². The Bertz CT molecular complexity index is 406. The van der Waals surface area contributed by atoms with Gasteiger partial charge in [-0.15, -0.1) is 0 Å². The highest BCUT2D eigenvalue weighted by Crippen LogP contribution is 2.14. The normalized spacial score (nSPS) is 9.71. The lowest BCUT2D eigenvalue weighted by molar-refractivity contribution is 0.146. The lowest BCUT2D eigenvalue weighted by Crippen LogP contribution is -2.18. The molecular weight excluding hydrogens is 224 g/mol.